The first-order valence-corrected chi connectivity index (χ1v) is 8.60. The first-order chi connectivity index (χ1) is 12.3. The van der Waals surface area contributed by atoms with E-state index >= 15 is 0 Å². The van der Waals surface area contributed by atoms with Crippen molar-refractivity contribution in [2.24, 2.45) is 5.73 Å². The summed E-state index contributed by atoms with van der Waals surface area (Å²) in [5.41, 5.74) is 13.8. The van der Waals surface area contributed by atoms with Gasteiger partial charge in [0.15, 0.2) is 0 Å². The van der Waals surface area contributed by atoms with Crippen LogP contribution in [0.15, 0.2) is 72.9 Å². The van der Waals surface area contributed by atoms with E-state index in [1.807, 2.05) is 6.07 Å². The minimum atomic E-state index is 0.608. The van der Waals surface area contributed by atoms with Crippen molar-refractivity contribution in [3.05, 3.63) is 84.2 Å². The van der Waals surface area contributed by atoms with E-state index in [4.69, 9.17) is 10.7 Å². The van der Waals surface area contributed by atoms with Gasteiger partial charge in [-0.3, -0.25) is 0 Å². The van der Waals surface area contributed by atoms with Gasteiger partial charge in [-0.2, -0.15) is 0 Å². The van der Waals surface area contributed by atoms with Crippen molar-refractivity contribution in [2.75, 3.05) is 6.54 Å². The molecule has 4 rings (SSSR count). The SMILES string of the molecule is Cc1ccn2c(CCN)c(-c3ccc(-c4ccccc4)cc3)nc2c1. The van der Waals surface area contributed by atoms with Crippen LogP contribution in [0, 0.1) is 6.92 Å². The quantitative estimate of drug-likeness (QED) is 0.600. The summed E-state index contributed by atoms with van der Waals surface area (Å²) in [5, 5.41) is 0. The van der Waals surface area contributed by atoms with Crippen LogP contribution in [0.4, 0.5) is 0 Å². The maximum atomic E-state index is 5.85. The van der Waals surface area contributed by atoms with Crippen molar-refractivity contribution in [1.29, 1.82) is 0 Å². The molecule has 0 unspecified atom stereocenters. The summed E-state index contributed by atoms with van der Waals surface area (Å²) in [6.07, 6.45) is 2.89. The van der Waals surface area contributed by atoms with Crippen LogP contribution in [0.5, 0.6) is 0 Å². The minimum Gasteiger partial charge on any atom is -0.330 e. The largest absolute Gasteiger partial charge is 0.330 e. The molecule has 2 heterocycles. The number of nitrogens with zero attached hydrogens (tertiary/aromatic N) is 2. The normalized spacial score (nSPS) is 11.1. The van der Waals surface area contributed by atoms with Crippen molar-refractivity contribution in [3.63, 3.8) is 0 Å². The molecule has 25 heavy (non-hydrogen) atoms. The van der Waals surface area contributed by atoms with Crippen LogP contribution in [0.1, 0.15) is 11.3 Å². The molecule has 4 aromatic rings. The van der Waals surface area contributed by atoms with Crippen molar-refractivity contribution in [3.8, 4) is 22.4 Å². The molecule has 0 saturated heterocycles. The summed E-state index contributed by atoms with van der Waals surface area (Å²) in [5.74, 6) is 0. The zero-order valence-corrected chi connectivity index (χ0v) is 14.3. The van der Waals surface area contributed by atoms with Gasteiger partial charge in [-0.15, -0.1) is 0 Å². The Morgan fingerprint density at radius 3 is 2.28 bits per heavy atom. The molecule has 2 N–H and O–H groups in total. The van der Waals surface area contributed by atoms with Crippen LogP contribution in [0.3, 0.4) is 0 Å². The number of pyridine rings is 1. The molecule has 0 saturated carbocycles. The molecule has 3 heteroatoms. The lowest BCUT2D eigenvalue weighted by atomic mass is 10.0. The number of hydrogen-bond donors (Lipinski definition) is 1. The lowest BCUT2D eigenvalue weighted by Crippen LogP contribution is -2.06. The molecule has 0 fully saturated rings. The van der Waals surface area contributed by atoms with E-state index in [0.29, 0.717) is 6.54 Å². The van der Waals surface area contributed by atoms with Crippen LogP contribution in [-0.4, -0.2) is 15.9 Å². The summed E-state index contributed by atoms with van der Waals surface area (Å²) in [6.45, 7) is 2.70. The molecule has 0 aliphatic carbocycles. The number of benzene rings is 2. The summed E-state index contributed by atoms with van der Waals surface area (Å²) < 4.78 is 2.15. The second-order valence-electron chi connectivity index (χ2n) is 6.32. The second kappa shape index (κ2) is 6.54. The summed E-state index contributed by atoms with van der Waals surface area (Å²) >= 11 is 0. The van der Waals surface area contributed by atoms with Crippen molar-refractivity contribution >= 4 is 5.65 Å². The maximum absolute atomic E-state index is 5.85. The summed E-state index contributed by atoms with van der Waals surface area (Å²) in [6, 6.07) is 23.3. The zero-order chi connectivity index (χ0) is 17.2. The molecule has 0 spiro atoms. The third kappa shape index (κ3) is 2.94. The van der Waals surface area contributed by atoms with Gasteiger partial charge in [0, 0.05) is 18.2 Å². The third-order valence-corrected chi connectivity index (χ3v) is 4.53. The number of fused-ring (bicyclic) bond motifs is 1. The maximum Gasteiger partial charge on any atom is 0.137 e. The Hall–Kier alpha value is -2.91. The van der Waals surface area contributed by atoms with Gasteiger partial charge in [0.25, 0.3) is 0 Å². The van der Waals surface area contributed by atoms with Gasteiger partial charge in [-0.25, -0.2) is 4.98 Å². The summed E-state index contributed by atoms with van der Waals surface area (Å²) in [7, 11) is 0. The number of aryl methyl sites for hydroxylation is 1. The topological polar surface area (TPSA) is 43.3 Å². The van der Waals surface area contributed by atoms with Gasteiger partial charge in [-0.05, 0) is 42.3 Å². The van der Waals surface area contributed by atoms with Crippen LogP contribution < -0.4 is 5.73 Å². The van der Waals surface area contributed by atoms with Gasteiger partial charge in [0.2, 0.25) is 0 Å². The van der Waals surface area contributed by atoms with Crippen molar-refractivity contribution in [1.82, 2.24) is 9.38 Å². The van der Waals surface area contributed by atoms with E-state index < -0.39 is 0 Å². The van der Waals surface area contributed by atoms with Gasteiger partial charge < -0.3 is 10.1 Å². The number of imidazole rings is 1. The monoisotopic (exact) mass is 327 g/mol. The lowest BCUT2D eigenvalue weighted by molar-refractivity contribution is 0.906. The van der Waals surface area contributed by atoms with Crippen molar-refractivity contribution < 1.29 is 0 Å². The minimum absolute atomic E-state index is 0.608. The highest BCUT2D eigenvalue weighted by Crippen LogP contribution is 2.28. The van der Waals surface area contributed by atoms with Crippen LogP contribution in [0.25, 0.3) is 28.0 Å². The molecule has 0 bridgehead atoms. The predicted octanol–water partition coefficient (Wildman–Crippen LogP) is 4.48. The van der Waals surface area contributed by atoms with E-state index in [-0.39, 0.29) is 0 Å². The van der Waals surface area contributed by atoms with E-state index in [1.165, 1.54) is 22.4 Å². The van der Waals surface area contributed by atoms with Gasteiger partial charge in [0.1, 0.15) is 5.65 Å². The number of hydrogen-bond acceptors (Lipinski definition) is 2. The van der Waals surface area contributed by atoms with Crippen molar-refractivity contribution in [2.45, 2.75) is 13.3 Å². The Bertz CT molecular complexity index is 999. The molecule has 0 atom stereocenters. The smallest absolute Gasteiger partial charge is 0.137 e. The highest BCUT2D eigenvalue weighted by atomic mass is 15.0. The van der Waals surface area contributed by atoms with Gasteiger partial charge in [-0.1, -0.05) is 54.6 Å². The highest BCUT2D eigenvalue weighted by molar-refractivity contribution is 5.71. The first kappa shape index (κ1) is 15.6. The Labute approximate surface area is 147 Å². The second-order valence-corrected chi connectivity index (χ2v) is 6.32. The molecular weight excluding hydrogens is 306 g/mol. The number of rotatable bonds is 4. The molecule has 2 aromatic heterocycles. The Morgan fingerprint density at radius 1 is 0.880 bits per heavy atom. The average Bonchev–Trinajstić information content (AvgIpc) is 3.00. The molecule has 3 nitrogen and oxygen atoms in total. The van der Waals surface area contributed by atoms with Crippen LogP contribution in [0.2, 0.25) is 0 Å². The first-order valence-electron chi connectivity index (χ1n) is 8.60. The molecule has 0 aliphatic rings. The van der Waals surface area contributed by atoms with E-state index in [0.717, 1.165) is 23.3 Å². The van der Waals surface area contributed by atoms with Gasteiger partial charge in [0.05, 0.1) is 11.4 Å². The molecule has 0 radical (unpaired) electrons. The molecular formula is C22H21N3. The number of aromatic nitrogens is 2. The zero-order valence-electron chi connectivity index (χ0n) is 14.3. The third-order valence-electron chi connectivity index (χ3n) is 4.53. The highest BCUT2D eigenvalue weighted by Gasteiger charge is 2.13. The molecule has 124 valence electrons. The Kier molecular flexibility index (Phi) is 4.08. The predicted molar refractivity (Wildman–Crippen MR) is 104 cm³/mol. The fourth-order valence-electron chi connectivity index (χ4n) is 3.26. The van der Waals surface area contributed by atoms with E-state index in [1.54, 1.807) is 0 Å². The summed E-state index contributed by atoms with van der Waals surface area (Å²) in [4.78, 5) is 4.87. The van der Waals surface area contributed by atoms with Crippen LogP contribution >= 0.6 is 0 Å². The molecule has 0 aliphatic heterocycles. The Balaban J connectivity index is 1.80. The lowest BCUT2D eigenvalue weighted by Gasteiger charge is -2.06. The number of nitrogens with two attached hydrogens (primary N) is 1. The van der Waals surface area contributed by atoms with Gasteiger partial charge >= 0.3 is 0 Å². The fraction of sp³-hybridized carbons (Fsp3) is 0.136. The van der Waals surface area contributed by atoms with Crippen LogP contribution in [-0.2, 0) is 6.42 Å². The van der Waals surface area contributed by atoms with E-state index in [9.17, 15) is 0 Å². The average molecular weight is 327 g/mol. The fourth-order valence-corrected chi connectivity index (χ4v) is 3.26. The molecule has 2 aromatic carbocycles. The Morgan fingerprint density at radius 2 is 1.56 bits per heavy atom. The standard InChI is InChI=1S/C22H21N3/c1-16-12-14-25-20(11-13-23)22(24-21(25)15-16)19-9-7-18(8-10-19)17-5-3-2-4-6-17/h2-10,12,14-15H,11,13,23H2,1H3. The van der Waals surface area contributed by atoms with E-state index in [2.05, 4.69) is 78.2 Å². The molecule has 0 amide bonds.